The lowest BCUT2D eigenvalue weighted by atomic mass is 10.2. The second kappa shape index (κ2) is 4.61. The topological polar surface area (TPSA) is 20.3 Å². The number of rotatable bonds is 6. The maximum Gasteiger partial charge on any atom is 0.146 e. The molecule has 70 valence electrons. The first kappa shape index (κ1) is 9.72. The van der Waals surface area contributed by atoms with E-state index in [1.165, 1.54) is 12.8 Å². The highest BCUT2D eigenvalue weighted by Gasteiger charge is 2.28. The summed E-state index contributed by atoms with van der Waals surface area (Å²) in [4.78, 5) is 13.5. The van der Waals surface area contributed by atoms with Gasteiger partial charge < -0.3 is 0 Å². The van der Waals surface area contributed by atoms with Gasteiger partial charge in [0.15, 0.2) is 0 Å². The van der Waals surface area contributed by atoms with Crippen LogP contribution in [0.15, 0.2) is 0 Å². The van der Waals surface area contributed by atoms with Gasteiger partial charge in [-0.05, 0) is 25.8 Å². The van der Waals surface area contributed by atoms with Gasteiger partial charge in [0, 0.05) is 12.5 Å². The summed E-state index contributed by atoms with van der Waals surface area (Å²) in [7, 11) is 0. The first-order valence-corrected chi connectivity index (χ1v) is 5.03. The van der Waals surface area contributed by atoms with E-state index in [1.54, 1.807) is 0 Å². The third kappa shape index (κ3) is 2.94. The lowest BCUT2D eigenvalue weighted by Gasteiger charge is -2.19. The van der Waals surface area contributed by atoms with E-state index >= 15 is 0 Å². The average molecular weight is 169 g/mol. The summed E-state index contributed by atoms with van der Waals surface area (Å²) in [5.74, 6) is 0.385. The molecule has 0 aromatic carbocycles. The number of ketones is 1. The molecular weight excluding hydrogens is 150 g/mol. The minimum atomic E-state index is 0.385. The molecule has 1 saturated carbocycles. The summed E-state index contributed by atoms with van der Waals surface area (Å²) in [6, 6.07) is 0.737. The molecule has 0 atom stereocenters. The summed E-state index contributed by atoms with van der Waals surface area (Å²) in [5.41, 5.74) is 0. The standard InChI is InChI=1S/C10H19NO/c1-3-7-11(9-5-6-9)8-10(12)4-2/h9H,3-8H2,1-2H3. The molecule has 0 unspecified atom stereocenters. The van der Waals surface area contributed by atoms with Crippen molar-refractivity contribution in [1.29, 1.82) is 0 Å². The zero-order valence-electron chi connectivity index (χ0n) is 8.18. The smallest absolute Gasteiger partial charge is 0.146 e. The van der Waals surface area contributed by atoms with Gasteiger partial charge in [0.25, 0.3) is 0 Å². The second-order valence-corrected chi connectivity index (χ2v) is 3.59. The fourth-order valence-corrected chi connectivity index (χ4v) is 1.46. The van der Waals surface area contributed by atoms with Crippen molar-refractivity contribution < 1.29 is 4.79 Å². The zero-order chi connectivity index (χ0) is 8.97. The van der Waals surface area contributed by atoms with E-state index in [2.05, 4.69) is 11.8 Å². The molecule has 0 aliphatic heterocycles. The van der Waals surface area contributed by atoms with Crippen LogP contribution in [0.4, 0.5) is 0 Å². The van der Waals surface area contributed by atoms with E-state index in [-0.39, 0.29) is 0 Å². The quantitative estimate of drug-likeness (QED) is 0.604. The summed E-state index contributed by atoms with van der Waals surface area (Å²) in [6.45, 7) is 5.90. The van der Waals surface area contributed by atoms with Crippen molar-refractivity contribution in [2.75, 3.05) is 13.1 Å². The van der Waals surface area contributed by atoms with Crippen molar-refractivity contribution in [2.24, 2.45) is 0 Å². The third-order valence-electron chi connectivity index (χ3n) is 2.35. The molecule has 0 bridgehead atoms. The Kier molecular flexibility index (Phi) is 3.73. The molecule has 1 rings (SSSR count). The Morgan fingerprint density at radius 3 is 2.50 bits per heavy atom. The first-order chi connectivity index (χ1) is 5.77. The molecule has 0 N–H and O–H groups in total. The van der Waals surface area contributed by atoms with Crippen molar-refractivity contribution >= 4 is 5.78 Å². The van der Waals surface area contributed by atoms with Crippen LogP contribution in [0.2, 0.25) is 0 Å². The summed E-state index contributed by atoms with van der Waals surface area (Å²) < 4.78 is 0. The normalized spacial score (nSPS) is 16.9. The highest BCUT2D eigenvalue weighted by atomic mass is 16.1. The molecule has 2 heteroatoms. The van der Waals surface area contributed by atoms with Crippen LogP contribution in [0.3, 0.4) is 0 Å². The number of Topliss-reactive ketones (excluding diaryl/α,β-unsaturated/α-hetero) is 1. The SMILES string of the molecule is CCCN(CC(=O)CC)C1CC1. The third-order valence-corrected chi connectivity index (χ3v) is 2.35. The molecule has 12 heavy (non-hydrogen) atoms. The monoisotopic (exact) mass is 169 g/mol. The predicted molar refractivity (Wildman–Crippen MR) is 50.2 cm³/mol. The van der Waals surface area contributed by atoms with Crippen molar-refractivity contribution in [3.63, 3.8) is 0 Å². The fourth-order valence-electron chi connectivity index (χ4n) is 1.46. The lowest BCUT2D eigenvalue weighted by Crippen LogP contribution is -2.32. The average Bonchev–Trinajstić information content (AvgIpc) is 2.86. The Bertz CT molecular complexity index is 152. The van der Waals surface area contributed by atoms with Crippen LogP contribution >= 0.6 is 0 Å². The summed E-state index contributed by atoms with van der Waals surface area (Å²) in [6.07, 6.45) is 4.45. The molecule has 1 aliphatic rings. The minimum absolute atomic E-state index is 0.385. The van der Waals surface area contributed by atoms with E-state index in [9.17, 15) is 4.79 Å². The lowest BCUT2D eigenvalue weighted by molar-refractivity contribution is -0.120. The van der Waals surface area contributed by atoms with Crippen LogP contribution in [0.5, 0.6) is 0 Å². The Hall–Kier alpha value is -0.370. The number of hydrogen-bond acceptors (Lipinski definition) is 2. The van der Waals surface area contributed by atoms with Gasteiger partial charge in [-0.15, -0.1) is 0 Å². The fraction of sp³-hybridized carbons (Fsp3) is 0.900. The summed E-state index contributed by atoms with van der Waals surface area (Å²) >= 11 is 0. The first-order valence-electron chi connectivity index (χ1n) is 5.03. The molecular formula is C10H19NO. The van der Waals surface area contributed by atoms with E-state index in [0.717, 1.165) is 19.0 Å². The second-order valence-electron chi connectivity index (χ2n) is 3.59. The van der Waals surface area contributed by atoms with Gasteiger partial charge >= 0.3 is 0 Å². The molecule has 0 radical (unpaired) electrons. The zero-order valence-corrected chi connectivity index (χ0v) is 8.18. The predicted octanol–water partition coefficient (Wildman–Crippen LogP) is 1.84. The van der Waals surface area contributed by atoms with E-state index < -0.39 is 0 Å². The molecule has 1 fully saturated rings. The number of carbonyl (C=O) groups is 1. The van der Waals surface area contributed by atoms with Gasteiger partial charge in [-0.3, -0.25) is 9.69 Å². The molecule has 0 aromatic rings. The van der Waals surface area contributed by atoms with Crippen LogP contribution in [0.25, 0.3) is 0 Å². The highest BCUT2D eigenvalue weighted by Crippen LogP contribution is 2.26. The van der Waals surface area contributed by atoms with Crippen LogP contribution in [-0.4, -0.2) is 29.8 Å². The maximum absolute atomic E-state index is 11.2. The Morgan fingerprint density at radius 1 is 1.42 bits per heavy atom. The van der Waals surface area contributed by atoms with Gasteiger partial charge in [-0.25, -0.2) is 0 Å². The molecule has 0 heterocycles. The number of carbonyl (C=O) groups excluding carboxylic acids is 1. The van der Waals surface area contributed by atoms with Gasteiger partial charge in [0.1, 0.15) is 5.78 Å². The van der Waals surface area contributed by atoms with Crippen molar-refractivity contribution in [2.45, 2.75) is 45.6 Å². The highest BCUT2D eigenvalue weighted by molar-refractivity contribution is 5.80. The summed E-state index contributed by atoms with van der Waals surface area (Å²) in [5, 5.41) is 0. The van der Waals surface area contributed by atoms with Crippen LogP contribution < -0.4 is 0 Å². The van der Waals surface area contributed by atoms with Gasteiger partial charge in [-0.2, -0.15) is 0 Å². The molecule has 0 saturated heterocycles. The maximum atomic E-state index is 11.2. The van der Waals surface area contributed by atoms with Crippen molar-refractivity contribution in [1.82, 2.24) is 4.90 Å². The minimum Gasteiger partial charge on any atom is -0.298 e. The van der Waals surface area contributed by atoms with Gasteiger partial charge in [0.2, 0.25) is 0 Å². The molecule has 2 nitrogen and oxygen atoms in total. The van der Waals surface area contributed by atoms with Gasteiger partial charge in [0.05, 0.1) is 6.54 Å². The number of hydrogen-bond donors (Lipinski definition) is 0. The largest absolute Gasteiger partial charge is 0.298 e. The molecule has 0 spiro atoms. The van der Waals surface area contributed by atoms with Gasteiger partial charge in [-0.1, -0.05) is 13.8 Å². The molecule has 1 aliphatic carbocycles. The number of nitrogens with zero attached hydrogens (tertiary/aromatic N) is 1. The van der Waals surface area contributed by atoms with Crippen molar-refractivity contribution in [3.05, 3.63) is 0 Å². The Labute approximate surface area is 74.9 Å². The van der Waals surface area contributed by atoms with Crippen LogP contribution in [-0.2, 0) is 4.79 Å². The molecule has 0 amide bonds. The van der Waals surface area contributed by atoms with Crippen LogP contribution in [0.1, 0.15) is 39.5 Å². The Morgan fingerprint density at radius 2 is 2.08 bits per heavy atom. The van der Waals surface area contributed by atoms with Crippen molar-refractivity contribution in [3.8, 4) is 0 Å². The van der Waals surface area contributed by atoms with E-state index in [0.29, 0.717) is 18.7 Å². The van der Waals surface area contributed by atoms with E-state index in [4.69, 9.17) is 0 Å². The Balaban J connectivity index is 2.26. The van der Waals surface area contributed by atoms with Crippen LogP contribution in [0, 0.1) is 0 Å². The molecule has 0 aromatic heterocycles. The van der Waals surface area contributed by atoms with E-state index in [1.807, 2.05) is 6.92 Å².